The van der Waals surface area contributed by atoms with Crippen molar-refractivity contribution in [2.75, 3.05) is 40.4 Å². The monoisotopic (exact) mass is 298 g/mol. The molecule has 0 unspecified atom stereocenters. The lowest BCUT2D eigenvalue weighted by Gasteiger charge is -2.39. The molecule has 0 spiro atoms. The highest BCUT2D eigenvalue weighted by Gasteiger charge is 2.33. The molecule has 1 amide bonds. The topological polar surface area (TPSA) is 67.4 Å². The van der Waals surface area contributed by atoms with Gasteiger partial charge in [-0.25, -0.2) is 0 Å². The van der Waals surface area contributed by atoms with Gasteiger partial charge in [0.2, 0.25) is 0 Å². The van der Waals surface area contributed by atoms with Crippen molar-refractivity contribution in [1.29, 1.82) is 0 Å². The normalized spacial score (nSPS) is 18.2. The van der Waals surface area contributed by atoms with Crippen LogP contribution >= 0.6 is 11.5 Å². The van der Waals surface area contributed by atoms with Crippen LogP contribution in [0.2, 0.25) is 0 Å². The second-order valence-corrected chi connectivity index (χ2v) is 6.47. The Morgan fingerprint density at radius 3 is 2.70 bits per heavy atom. The van der Waals surface area contributed by atoms with E-state index in [-0.39, 0.29) is 11.3 Å². The average Bonchev–Trinajstić information content (AvgIpc) is 2.83. The highest BCUT2D eigenvalue weighted by atomic mass is 32.1. The van der Waals surface area contributed by atoms with Crippen molar-refractivity contribution in [1.82, 2.24) is 19.8 Å². The van der Waals surface area contributed by atoms with E-state index < -0.39 is 0 Å². The Labute approximate surface area is 123 Å². The first kappa shape index (κ1) is 15.3. The van der Waals surface area contributed by atoms with Gasteiger partial charge in [-0.1, -0.05) is 4.49 Å². The summed E-state index contributed by atoms with van der Waals surface area (Å²) >= 11 is 1.15. The largest absolute Gasteiger partial charge is 0.381 e. The molecular formula is C13H22N4O2S. The maximum atomic E-state index is 12.2. The van der Waals surface area contributed by atoms with Crippen molar-refractivity contribution in [3.05, 3.63) is 10.6 Å². The van der Waals surface area contributed by atoms with Crippen molar-refractivity contribution < 1.29 is 9.53 Å². The summed E-state index contributed by atoms with van der Waals surface area (Å²) in [6.45, 7) is 4.97. The summed E-state index contributed by atoms with van der Waals surface area (Å²) in [7, 11) is 4.13. The molecule has 1 aliphatic rings. The molecule has 1 aromatic heterocycles. The zero-order chi connectivity index (χ0) is 14.6. The van der Waals surface area contributed by atoms with Gasteiger partial charge in [0.15, 0.2) is 0 Å². The van der Waals surface area contributed by atoms with Crippen molar-refractivity contribution >= 4 is 17.4 Å². The minimum atomic E-state index is -0.0675. The van der Waals surface area contributed by atoms with Crippen LogP contribution in [-0.2, 0) is 4.74 Å². The molecule has 7 heteroatoms. The number of rotatable bonds is 5. The number of aryl methyl sites for hydroxylation is 1. The number of nitrogens with one attached hydrogen (secondary N) is 1. The summed E-state index contributed by atoms with van der Waals surface area (Å²) in [5.74, 6) is -0.0675. The van der Waals surface area contributed by atoms with Gasteiger partial charge < -0.3 is 15.0 Å². The number of hydrogen-bond donors (Lipinski definition) is 1. The number of carbonyl (C=O) groups excluding carboxylic acids is 1. The fourth-order valence-electron chi connectivity index (χ4n) is 2.65. The molecule has 6 nitrogen and oxygen atoms in total. The zero-order valence-electron chi connectivity index (χ0n) is 12.3. The number of amides is 1. The van der Waals surface area contributed by atoms with Crippen LogP contribution in [0.5, 0.6) is 0 Å². The molecule has 0 bridgehead atoms. The van der Waals surface area contributed by atoms with Gasteiger partial charge in [-0.05, 0) is 45.4 Å². The van der Waals surface area contributed by atoms with E-state index in [0.717, 1.165) is 44.1 Å². The molecule has 20 heavy (non-hydrogen) atoms. The van der Waals surface area contributed by atoms with Gasteiger partial charge in [0.1, 0.15) is 4.88 Å². The molecule has 0 atom stereocenters. The number of aromatic nitrogens is 2. The van der Waals surface area contributed by atoms with Crippen LogP contribution in [0.25, 0.3) is 0 Å². The van der Waals surface area contributed by atoms with Crippen LogP contribution in [0.4, 0.5) is 0 Å². The number of carbonyl (C=O) groups is 1. The Bertz CT molecular complexity index is 455. The lowest BCUT2D eigenvalue weighted by molar-refractivity contribution is 0.00287. The van der Waals surface area contributed by atoms with E-state index in [1.165, 1.54) is 0 Å². The summed E-state index contributed by atoms with van der Waals surface area (Å²) < 4.78 is 9.26. The molecular weight excluding hydrogens is 276 g/mol. The van der Waals surface area contributed by atoms with Crippen LogP contribution < -0.4 is 5.32 Å². The quantitative estimate of drug-likeness (QED) is 0.876. The Hall–Kier alpha value is -1.05. The second kappa shape index (κ2) is 6.60. The molecule has 2 heterocycles. The second-order valence-electron chi connectivity index (χ2n) is 5.72. The van der Waals surface area contributed by atoms with Crippen molar-refractivity contribution in [2.24, 2.45) is 5.41 Å². The van der Waals surface area contributed by atoms with Gasteiger partial charge in [0.05, 0.1) is 5.69 Å². The van der Waals surface area contributed by atoms with Gasteiger partial charge >= 0.3 is 0 Å². The summed E-state index contributed by atoms with van der Waals surface area (Å²) in [6, 6.07) is 0. The minimum Gasteiger partial charge on any atom is -0.381 e. The highest BCUT2D eigenvalue weighted by Crippen LogP contribution is 2.30. The summed E-state index contributed by atoms with van der Waals surface area (Å²) in [6.07, 6.45) is 1.96. The van der Waals surface area contributed by atoms with Crippen LogP contribution in [0, 0.1) is 12.3 Å². The first-order valence-corrected chi connectivity index (χ1v) is 7.59. The maximum absolute atomic E-state index is 12.2. The van der Waals surface area contributed by atoms with Crippen LogP contribution in [0.3, 0.4) is 0 Å². The molecule has 112 valence electrons. The number of ether oxygens (including phenoxy) is 1. The van der Waals surface area contributed by atoms with Gasteiger partial charge in [-0.2, -0.15) is 0 Å². The van der Waals surface area contributed by atoms with E-state index in [0.29, 0.717) is 17.1 Å². The molecule has 1 fully saturated rings. The smallest absolute Gasteiger partial charge is 0.264 e. The maximum Gasteiger partial charge on any atom is 0.264 e. The molecule has 0 radical (unpaired) electrons. The van der Waals surface area contributed by atoms with Gasteiger partial charge in [-0.15, -0.1) is 5.10 Å². The number of hydrogen-bond acceptors (Lipinski definition) is 6. The van der Waals surface area contributed by atoms with E-state index in [1.54, 1.807) is 0 Å². The average molecular weight is 298 g/mol. The lowest BCUT2D eigenvalue weighted by atomic mass is 9.79. The van der Waals surface area contributed by atoms with E-state index in [1.807, 2.05) is 6.92 Å². The number of nitrogens with zero attached hydrogens (tertiary/aromatic N) is 3. The Morgan fingerprint density at radius 2 is 2.15 bits per heavy atom. The third-order valence-electron chi connectivity index (χ3n) is 3.69. The van der Waals surface area contributed by atoms with E-state index >= 15 is 0 Å². The minimum absolute atomic E-state index is 0.0675. The molecule has 1 saturated heterocycles. The van der Waals surface area contributed by atoms with Gasteiger partial charge in [0, 0.05) is 31.7 Å². The summed E-state index contributed by atoms with van der Waals surface area (Å²) in [5.41, 5.74) is 0.796. The predicted molar refractivity (Wildman–Crippen MR) is 78.0 cm³/mol. The van der Waals surface area contributed by atoms with Crippen LogP contribution in [0.15, 0.2) is 0 Å². The standard InChI is InChI=1S/C13H22N4O2S/c1-10-11(20-16-15-10)12(18)14-8-13(9-17(2)3)4-6-19-7-5-13/h4-9H2,1-3H3,(H,14,18). The Balaban J connectivity index is 1.98. The first-order valence-electron chi connectivity index (χ1n) is 6.82. The van der Waals surface area contributed by atoms with Gasteiger partial charge in [-0.3, -0.25) is 4.79 Å². The Morgan fingerprint density at radius 1 is 1.45 bits per heavy atom. The van der Waals surface area contributed by atoms with Crippen molar-refractivity contribution in [2.45, 2.75) is 19.8 Å². The molecule has 2 rings (SSSR count). The van der Waals surface area contributed by atoms with Crippen molar-refractivity contribution in [3.63, 3.8) is 0 Å². The Kier molecular flexibility index (Phi) is 5.06. The third kappa shape index (κ3) is 3.74. The third-order valence-corrected chi connectivity index (χ3v) is 4.51. The first-order chi connectivity index (χ1) is 9.52. The molecule has 0 aliphatic carbocycles. The molecule has 0 aromatic carbocycles. The van der Waals surface area contributed by atoms with E-state index in [4.69, 9.17) is 4.74 Å². The molecule has 1 aromatic rings. The summed E-state index contributed by atoms with van der Waals surface area (Å²) in [4.78, 5) is 15.0. The molecule has 0 saturated carbocycles. The highest BCUT2D eigenvalue weighted by molar-refractivity contribution is 7.07. The van der Waals surface area contributed by atoms with Crippen LogP contribution in [-0.4, -0.2) is 60.8 Å². The van der Waals surface area contributed by atoms with Gasteiger partial charge in [0.25, 0.3) is 5.91 Å². The summed E-state index contributed by atoms with van der Waals surface area (Å²) in [5, 5.41) is 6.93. The SMILES string of the molecule is Cc1nnsc1C(=O)NCC1(CN(C)C)CCOCC1. The molecule has 1 N–H and O–H groups in total. The molecule has 1 aliphatic heterocycles. The van der Waals surface area contributed by atoms with Crippen LogP contribution in [0.1, 0.15) is 28.2 Å². The fourth-order valence-corrected chi connectivity index (χ4v) is 3.23. The fraction of sp³-hybridized carbons (Fsp3) is 0.769. The van der Waals surface area contributed by atoms with E-state index in [9.17, 15) is 4.79 Å². The van der Waals surface area contributed by atoms with Crippen molar-refractivity contribution in [3.8, 4) is 0 Å². The predicted octanol–water partition coefficient (Wildman–Crippen LogP) is 0.935. The lowest BCUT2D eigenvalue weighted by Crippen LogP contribution is -2.47. The zero-order valence-corrected chi connectivity index (χ0v) is 13.1. The van der Waals surface area contributed by atoms with E-state index in [2.05, 4.69) is 33.9 Å².